The fourth-order valence-electron chi connectivity index (χ4n) is 1.33. The van der Waals surface area contributed by atoms with Gasteiger partial charge in [0.25, 0.3) is 0 Å². The predicted octanol–water partition coefficient (Wildman–Crippen LogP) is 2.95. The van der Waals surface area contributed by atoms with Crippen molar-refractivity contribution in [1.29, 1.82) is 0 Å². The van der Waals surface area contributed by atoms with Gasteiger partial charge in [-0.2, -0.15) is 0 Å². The first-order valence-electron chi connectivity index (χ1n) is 4.07. The van der Waals surface area contributed by atoms with Crippen molar-refractivity contribution in [2.45, 2.75) is 19.8 Å². The van der Waals surface area contributed by atoms with Crippen molar-refractivity contribution in [2.24, 2.45) is 0 Å². The Hall–Kier alpha value is -1.04. The van der Waals surface area contributed by atoms with E-state index in [2.05, 4.69) is 37.3 Å². The summed E-state index contributed by atoms with van der Waals surface area (Å²) in [5, 5.41) is 0. The largest absolute Gasteiger partial charge is 0.0694 e. The van der Waals surface area contributed by atoms with Crippen LogP contribution in [0.1, 0.15) is 18.9 Å². The van der Waals surface area contributed by atoms with Gasteiger partial charge >= 0.3 is 0 Å². The summed E-state index contributed by atoms with van der Waals surface area (Å²) in [6, 6.07) is 10.7. The van der Waals surface area contributed by atoms with E-state index in [1.165, 1.54) is 18.4 Å². The molecular weight excluding hydrogens is 132 g/mol. The van der Waals surface area contributed by atoms with Crippen molar-refractivity contribution in [3.63, 3.8) is 0 Å². The van der Waals surface area contributed by atoms with Crippen molar-refractivity contribution in [3.05, 3.63) is 47.0 Å². The third-order valence-electron chi connectivity index (χ3n) is 2.22. The van der Waals surface area contributed by atoms with Crippen LogP contribution in [-0.4, -0.2) is 0 Å². The molecule has 0 bridgehead atoms. The fraction of sp³-hybridized carbons (Fsp3) is 0.273. The van der Waals surface area contributed by atoms with E-state index in [-0.39, 0.29) is 0 Å². The Bertz CT molecular complexity index is 280. The number of hydrogen-bond acceptors (Lipinski definition) is 0. The summed E-state index contributed by atoms with van der Waals surface area (Å²) in [5.74, 6) is 0. The highest BCUT2D eigenvalue weighted by molar-refractivity contribution is 5.37. The van der Waals surface area contributed by atoms with Crippen LogP contribution in [0, 0.1) is 0 Å². The first-order valence-corrected chi connectivity index (χ1v) is 4.07. The lowest BCUT2D eigenvalue weighted by Gasteiger charge is -1.93. The summed E-state index contributed by atoms with van der Waals surface area (Å²) >= 11 is 0. The Morgan fingerprint density at radius 2 is 1.82 bits per heavy atom. The van der Waals surface area contributed by atoms with E-state index in [0.717, 1.165) is 0 Å². The molecule has 0 atom stereocenters. The van der Waals surface area contributed by atoms with Gasteiger partial charge in [0.2, 0.25) is 0 Å². The van der Waals surface area contributed by atoms with Crippen LogP contribution in [-0.2, 0) is 6.42 Å². The third-order valence-corrected chi connectivity index (χ3v) is 2.22. The maximum Gasteiger partial charge on any atom is -0.00612 e. The van der Waals surface area contributed by atoms with Gasteiger partial charge in [-0.25, -0.2) is 0 Å². The maximum atomic E-state index is 2.22. The molecule has 0 fully saturated rings. The van der Waals surface area contributed by atoms with Crippen molar-refractivity contribution in [2.75, 3.05) is 0 Å². The third kappa shape index (κ3) is 1.51. The molecule has 0 aliphatic heterocycles. The lowest BCUT2D eigenvalue weighted by molar-refractivity contribution is 1.20. The van der Waals surface area contributed by atoms with Gasteiger partial charge in [0.15, 0.2) is 0 Å². The van der Waals surface area contributed by atoms with Crippen LogP contribution in [0.4, 0.5) is 0 Å². The lowest BCUT2D eigenvalue weighted by atomic mass is 10.1. The monoisotopic (exact) mass is 144 g/mol. The van der Waals surface area contributed by atoms with E-state index < -0.39 is 0 Å². The van der Waals surface area contributed by atoms with Gasteiger partial charge in [-0.15, -0.1) is 0 Å². The van der Waals surface area contributed by atoms with Crippen molar-refractivity contribution < 1.29 is 0 Å². The number of hydrogen-bond donors (Lipinski definition) is 0. The summed E-state index contributed by atoms with van der Waals surface area (Å²) in [6.45, 7) is 2.22. The highest BCUT2D eigenvalue weighted by Crippen LogP contribution is 2.32. The van der Waals surface area contributed by atoms with Gasteiger partial charge < -0.3 is 0 Å². The molecule has 1 aromatic carbocycles. The zero-order valence-corrected chi connectivity index (χ0v) is 6.80. The molecule has 0 nitrogen and oxygen atoms in total. The molecule has 2 rings (SSSR count). The summed E-state index contributed by atoms with van der Waals surface area (Å²) in [6.07, 6.45) is 2.45. The zero-order chi connectivity index (χ0) is 7.68. The maximum absolute atomic E-state index is 2.22. The molecule has 56 valence electrons. The molecule has 0 heteroatoms. The summed E-state index contributed by atoms with van der Waals surface area (Å²) in [7, 11) is 0. The Balaban J connectivity index is 2.08. The Morgan fingerprint density at radius 3 is 2.36 bits per heavy atom. The van der Waals surface area contributed by atoms with E-state index in [9.17, 15) is 0 Å². The zero-order valence-electron chi connectivity index (χ0n) is 6.80. The van der Waals surface area contributed by atoms with Crippen LogP contribution in [0.5, 0.6) is 0 Å². The van der Waals surface area contributed by atoms with Crippen LogP contribution < -0.4 is 0 Å². The number of allylic oxidation sites excluding steroid dienone is 2. The second kappa shape index (κ2) is 2.54. The molecule has 0 saturated heterocycles. The molecular formula is C11H12. The number of benzene rings is 1. The minimum atomic E-state index is 1.17. The molecule has 0 unspecified atom stereocenters. The van der Waals surface area contributed by atoms with Gasteiger partial charge in [0.1, 0.15) is 0 Å². The SMILES string of the molecule is CC1=C(Cc2ccccc2)C1. The standard InChI is InChI=1S/C11H12/c1-9-7-11(9)8-10-5-3-2-4-6-10/h2-6H,7-8H2,1H3. The predicted molar refractivity (Wildman–Crippen MR) is 47.5 cm³/mol. The molecule has 0 saturated carbocycles. The molecule has 0 amide bonds. The average molecular weight is 144 g/mol. The van der Waals surface area contributed by atoms with Gasteiger partial charge in [-0.05, 0) is 25.3 Å². The minimum Gasteiger partial charge on any atom is -0.0694 e. The van der Waals surface area contributed by atoms with Crippen LogP contribution in [0.3, 0.4) is 0 Å². The summed E-state index contributed by atoms with van der Waals surface area (Å²) in [5.41, 5.74) is 4.67. The first kappa shape index (κ1) is 6.66. The topological polar surface area (TPSA) is 0 Å². The normalized spacial score (nSPS) is 15.4. The van der Waals surface area contributed by atoms with Crippen LogP contribution in [0.15, 0.2) is 41.5 Å². The van der Waals surface area contributed by atoms with Gasteiger partial charge in [0.05, 0.1) is 0 Å². The van der Waals surface area contributed by atoms with E-state index in [4.69, 9.17) is 0 Å². The van der Waals surface area contributed by atoms with E-state index in [1.54, 1.807) is 11.1 Å². The van der Waals surface area contributed by atoms with E-state index >= 15 is 0 Å². The highest BCUT2D eigenvalue weighted by Gasteiger charge is 2.15. The Kier molecular flexibility index (Phi) is 1.54. The molecule has 0 N–H and O–H groups in total. The second-order valence-electron chi connectivity index (χ2n) is 3.22. The molecule has 0 aromatic heterocycles. The first-order chi connectivity index (χ1) is 5.36. The van der Waals surface area contributed by atoms with Crippen LogP contribution in [0.25, 0.3) is 0 Å². The smallest absolute Gasteiger partial charge is 0.00612 e. The van der Waals surface area contributed by atoms with Crippen molar-refractivity contribution in [3.8, 4) is 0 Å². The molecule has 0 spiro atoms. The molecule has 1 aliphatic rings. The van der Waals surface area contributed by atoms with Gasteiger partial charge in [-0.1, -0.05) is 41.5 Å². The quantitative estimate of drug-likeness (QED) is 0.560. The highest BCUT2D eigenvalue weighted by atomic mass is 14.2. The van der Waals surface area contributed by atoms with Crippen LogP contribution >= 0.6 is 0 Å². The minimum absolute atomic E-state index is 1.17. The average Bonchev–Trinajstić information content (AvgIpc) is 2.69. The molecule has 0 radical (unpaired) electrons. The molecule has 11 heavy (non-hydrogen) atoms. The van der Waals surface area contributed by atoms with Crippen molar-refractivity contribution >= 4 is 0 Å². The number of rotatable bonds is 2. The molecule has 1 aliphatic carbocycles. The second-order valence-corrected chi connectivity index (χ2v) is 3.22. The van der Waals surface area contributed by atoms with Crippen molar-refractivity contribution in [1.82, 2.24) is 0 Å². The van der Waals surface area contributed by atoms with E-state index in [0.29, 0.717) is 0 Å². The van der Waals surface area contributed by atoms with Gasteiger partial charge in [-0.3, -0.25) is 0 Å². The van der Waals surface area contributed by atoms with Crippen LogP contribution in [0.2, 0.25) is 0 Å². The Labute approximate surface area is 67.6 Å². The molecule has 1 aromatic rings. The molecule has 0 heterocycles. The van der Waals surface area contributed by atoms with E-state index in [1.807, 2.05) is 0 Å². The summed E-state index contributed by atoms with van der Waals surface area (Å²) in [4.78, 5) is 0. The fourth-order valence-corrected chi connectivity index (χ4v) is 1.33. The Morgan fingerprint density at radius 1 is 1.18 bits per heavy atom. The summed E-state index contributed by atoms with van der Waals surface area (Å²) < 4.78 is 0. The van der Waals surface area contributed by atoms with Gasteiger partial charge in [0, 0.05) is 0 Å². The lowest BCUT2D eigenvalue weighted by Crippen LogP contribution is -1.79.